The number of aryl methyl sites for hydroxylation is 1. The summed E-state index contributed by atoms with van der Waals surface area (Å²) in [5.41, 5.74) is 6.83. The molecule has 0 heterocycles. The van der Waals surface area contributed by atoms with E-state index in [4.69, 9.17) is 29.6 Å². The summed E-state index contributed by atoms with van der Waals surface area (Å²) in [5.74, 6) is -0.252. The van der Waals surface area contributed by atoms with Crippen LogP contribution in [0.25, 0.3) is 0 Å². The number of nitrogens with two attached hydrogens (primary N) is 1. The van der Waals surface area contributed by atoms with Crippen molar-refractivity contribution in [3.8, 4) is 0 Å². The smallest absolute Gasteiger partial charge is 0.253 e. The Morgan fingerprint density at radius 1 is 1.59 bits per heavy atom. The first-order valence-electron chi connectivity index (χ1n) is 5.32. The van der Waals surface area contributed by atoms with Gasteiger partial charge in [0.05, 0.1) is 21.6 Å². The molecule has 92 valence electrons. The number of thiocarbonyl (C=S) groups is 1. The number of halogens is 1. The molecule has 3 nitrogen and oxygen atoms in total. The zero-order valence-corrected chi connectivity index (χ0v) is 11.4. The Balaban J connectivity index is 2.90. The summed E-state index contributed by atoms with van der Waals surface area (Å²) in [7, 11) is 0. The molecule has 1 aromatic carbocycles. The minimum atomic E-state index is -0.297. The summed E-state index contributed by atoms with van der Waals surface area (Å²) in [4.78, 5) is 12.3. The number of hydrogen-bond acceptors (Lipinski definition) is 2. The fraction of sp³-hybridized carbons (Fsp3) is 0.333. The van der Waals surface area contributed by atoms with Crippen molar-refractivity contribution in [3.05, 3.63) is 34.3 Å². The maximum atomic E-state index is 12.0. The van der Waals surface area contributed by atoms with Gasteiger partial charge in [-0.25, -0.2) is 0 Å². The molecule has 0 saturated carbocycles. The van der Waals surface area contributed by atoms with Gasteiger partial charge < -0.3 is 11.1 Å². The third-order valence-corrected chi connectivity index (χ3v) is 3.28. The van der Waals surface area contributed by atoms with Crippen LogP contribution in [0.1, 0.15) is 29.3 Å². The quantitative estimate of drug-likeness (QED) is 0.827. The fourth-order valence-corrected chi connectivity index (χ4v) is 1.87. The Hall–Kier alpha value is -1.13. The molecule has 1 atom stereocenters. The zero-order valence-electron chi connectivity index (χ0n) is 9.79. The summed E-state index contributed by atoms with van der Waals surface area (Å²) in [5, 5.41) is 3.22. The lowest BCUT2D eigenvalue weighted by atomic mass is 10.1. The summed E-state index contributed by atoms with van der Waals surface area (Å²) in [6.07, 6.45) is 0.657. The molecule has 0 fully saturated rings. The van der Waals surface area contributed by atoms with Crippen LogP contribution in [0.3, 0.4) is 0 Å². The topological polar surface area (TPSA) is 55.1 Å². The third-order valence-electron chi connectivity index (χ3n) is 2.49. The highest BCUT2D eigenvalue weighted by Crippen LogP contribution is 2.20. The number of hydrogen-bond donors (Lipinski definition) is 2. The van der Waals surface area contributed by atoms with Crippen LogP contribution < -0.4 is 11.1 Å². The molecule has 0 saturated heterocycles. The summed E-state index contributed by atoms with van der Waals surface area (Å²) in [6.45, 7) is 3.76. The van der Waals surface area contributed by atoms with Crippen LogP contribution in [-0.4, -0.2) is 16.9 Å². The largest absolute Gasteiger partial charge is 0.392 e. The molecule has 0 radical (unpaired) electrons. The van der Waals surface area contributed by atoms with E-state index >= 15 is 0 Å². The zero-order chi connectivity index (χ0) is 13.0. The van der Waals surface area contributed by atoms with Crippen LogP contribution in [0.5, 0.6) is 0 Å². The average molecular weight is 271 g/mol. The van der Waals surface area contributed by atoms with E-state index in [1.54, 1.807) is 12.1 Å². The Kier molecular flexibility index (Phi) is 4.90. The van der Waals surface area contributed by atoms with E-state index in [9.17, 15) is 4.79 Å². The number of amides is 1. The standard InChI is InChI=1S/C12H15ClN2OS/c1-3-9(11(14)17)15-12(16)8-6-4-5-7(2)10(8)13/h4-6,9H,3H2,1-2H3,(H2,14,17)(H,15,16). The number of carbonyl (C=O) groups excluding carboxylic acids is 1. The summed E-state index contributed by atoms with van der Waals surface area (Å²) >= 11 is 10.9. The second kappa shape index (κ2) is 5.98. The van der Waals surface area contributed by atoms with E-state index in [1.807, 2.05) is 19.9 Å². The molecule has 0 aliphatic carbocycles. The lowest BCUT2D eigenvalue weighted by Crippen LogP contribution is -2.43. The molecule has 1 unspecified atom stereocenters. The van der Waals surface area contributed by atoms with Gasteiger partial charge in [-0.1, -0.05) is 42.9 Å². The van der Waals surface area contributed by atoms with Crippen LogP contribution in [0.2, 0.25) is 5.02 Å². The van der Waals surface area contributed by atoms with Crippen molar-refractivity contribution in [1.82, 2.24) is 5.32 Å². The predicted molar refractivity (Wildman–Crippen MR) is 74.5 cm³/mol. The minimum absolute atomic E-state index is 0.252. The SMILES string of the molecule is CCC(NC(=O)c1cccc(C)c1Cl)C(N)=S. The highest BCUT2D eigenvalue weighted by molar-refractivity contribution is 7.80. The normalized spacial score (nSPS) is 11.9. The summed E-state index contributed by atoms with van der Waals surface area (Å²) in [6, 6.07) is 5.02. The molecule has 3 N–H and O–H groups in total. The van der Waals surface area contributed by atoms with Crippen molar-refractivity contribution in [2.24, 2.45) is 5.73 Å². The van der Waals surface area contributed by atoms with Crippen molar-refractivity contribution in [1.29, 1.82) is 0 Å². The van der Waals surface area contributed by atoms with E-state index in [-0.39, 0.29) is 16.9 Å². The van der Waals surface area contributed by atoms with Crippen molar-refractivity contribution in [3.63, 3.8) is 0 Å². The van der Waals surface area contributed by atoms with Gasteiger partial charge in [0, 0.05) is 0 Å². The first kappa shape index (κ1) is 13.9. The van der Waals surface area contributed by atoms with E-state index in [2.05, 4.69) is 5.32 Å². The Morgan fingerprint density at radius 3 is 2.76 bits per heavy atom. The van der Waals surface area contributed by atoms with E-state index in [0.717, 1.165) is 5.56 Å². The Bertz CT molecular complexity index is 448. The maximum absolute atomic E-state index is 12.0. The Morgan fingerprint density at radius 2 is 2.24 bits per heavy atom. The van der Waals surface area contributed by atoms with Gasteiger partial charge in [0.15, 0.2) is 0 Å². The van der Waals surface area contributed by atoms with Gasteiger partial charge in [-0.15, -0.1) is 0 Å². The van der Waals surface area contributed by atoms with Crippen LogP contribution in [0.4, 0.5) is 0 Å². The van der Waals surface area contributed by atoms with Crippen LogP contribution in [0, 0.1) is 6.92 Å². The average Bonchev–Trinajstić information content (AvgIpc) is 2.28. The molecular formula is C12H15ClN2OS. The van der Waals surface area contributed by atoms with Crippen molar-refractivity contribution >= 4 is 34.7 Å². The molecule has 1 amide bonds. The third kappa shape index (κ3) is 3.41. The first-order chi connectivity index (χ1) is 7.97. The van der Waals surface area contributed by atoms with Gasteiger partial charge in [0.2, 0.25) is 0 Å². The number of carbonyl (C=O) groups is 1. The van der Waals surface area contributed by atoms with Gasteiger partial charge in [-0.3, -0.25) is 4.79 Å². The van der Waals surface area contributed by atoms with E-state index in [0.29, 0.717) is 17.0 Å². The molecule has 0 spiro atoms. The molecule has 0 aliphatic rings. The summed E-state index contributed by atoms with van der Waals surface area (Å²) < 4.78 is 0. The van der Waals surface area contributed by atoms with Crippen LogP contribution in [0.15, 0.2) is 18.2 Å². The lowest BCUT2D eigenvalue weighted by molar-refractivity contribution is 0.0946. The highest BCUT2D eigenvalue weighted by atomic mass is 35.5. The Labute approximate surface area is 111 Å². The molecule has 0 aliphatic heterocycles. The van der Waals surface area contributed by atoms with Crippen molar-refractivity contribution < 1.29 is 4.79 Å². The minimum Gasteiger partial charge on any atom is -0.392 e. The molecule has 0 bridgehead atoms. The van der Waals surface area contributed by atoms with Gasteiger partial charge in [0.1, 0.15) is 0 Å². The van der Waals surface area contributed by atoms with Crippen molar-refractivity contribution in [2.45, 2.75) is 26.3 Å². The highest BCUT2D eigenvalue weighted by Gasteiger charge is 2.16. The first-order valence-corrected chi connectivity index (χ1v) is 6.11. The second-order valence-electron chi connectivity index (χ2n) is 3.77. The molecular weight excluding hydrogens is 256 g/mol. The van der Waals surface area contributed by atoms with Crippen LogP contribution in [-0.2, 0) is 0 Å². The van der Waals surface area contributed by atoms with Crippen LogP contribution >= 0.6 is 23.8 Å². The molecule has 0 aromatic heterocycles. The number of nitrogens with one attached hydrogen (secondary N) is 1. The van der Waals surface area contributed by atoms with Gasteiger partial charge in [0.25, 0.3) is 5.91 Å². The van der Waals surface area contributed by atoms with E-state index in [1.165, 1.54) is 0 Å². The van der Waals surface area contributed by atoms with Crippen molar-refractivity contribution in [2.75, 3.05) is 0 Å². The monoisotopic (exact) mass is 270 g/mol. The lowest BCUT2D eigenvalue weighted by Gasteiger charge is -2.16. The molecule has 17 heavy (non-hydrogen) atoms. The molecule has 1 aromatic rings. The molecule has 1 rings (SSSR count). The number of benzene rings is 1. The molecule has 5 heteroatoms. The second-order valence-corrected chi connectivity index (χ2v) is 4.62. The van der Waals surface area contributed by atoms with E-state index < -0.39 is 0 Å². The van der Waals surface area contributed by atoms with Gasteiger partial charge in [-0.2, -0.15) is 0 Å². The van der Waals surface area contributed by atoms with Gasteiger partial charge in [-0.05, 0) is 25.0 Å². The van der Waals surface area contributed by atoms with Gasteiger partial charge >= 0.3 is 0 Å². The predicted octanol–water partition coefficient (Wildman–Crippen LogP) is 2.44. The number of rotatable bonds is 4. The fourth-order valence-electron chi connectivity index (χ4n) is 1.43. The maximum Gasteiger partial charge on any atom is 0.253 e.